The zero-order valence-corrected chi connectivity index (χ0v) is 6.87. The van der Waals surface area contributed by atoms with E-state index in [2.05, 4.69) is 0 Å². The fourth-order valence-electron chi connectivity index (χ4n) is 0.864. The molecule has 2 unspecified atom stereocenters. The molecule has 1 heterocycles. The molecule has 1 N–H and O–H groups in total. The number of carbonyl (C=O) groups is 2. The molecule has 0 radical (unpaired) electrons. The maximum atomic E-state index is 11.8. The van der Waals surface area contributed by atoms with Crippen molar-refractivity contribution in [1.82, 2.24) is 5.32 Å². The Morgan fingerprint density at radius 1 is 1.46 bits per heavy atom. The predicted octanol–water partition coefficient (Wildman–Crippen LogP) is -0.330. The number of alkyl halides is 3. The van der Waals surface area contributed by atoms with Crippen molar-refractivity contribution in [3.63, 3.8) is 0 Å². The Hall–Kier alpha value is -0.760. The van der Waals surface area contributed by atoms with Gasteiger partial charge in [0.05, 0.1) is 17.6 Å². The van der Waals surface area contributed by atoms with Gasteiger partial charge in [0.2, 0.25) is 11.2 Å². The summed E-state index contributed by atoms with van der Waals surface area (Å²) in [6.45, 7) is 0. The van der Waals surface area contributed by atoms with Crippen molar-refractivity contribution in [2.24, 2.45) is 0 Å². The van der Waals surface area contributed by atoms with E-state index < -0.39 is 40.2 Å². The predicted molar refractivity (Wildman–Crippen MR) is 35.8 cm³/mol. The van der Waals surface area contributed by atoms with Crippen LogP contribution in [-0.2, 0) is 20.8 Å². The summed E-state index contributed by atoms with van der Waals surface area (Å²) >= 11 is -3.30. The summed E-state index contributed by atoms with van der Waals surface area (Å²) in [7, 11) is 0. The number of halogens is 3. The van der Waals surface area contributed by atoms with Crippen LogP contribution >= 0.6 is 0 Å². The van der Waals surface area contributed by atoms with Gasteiger partial charge in [-0.05, 0) is 0 Å². The average Bonchev–Trinajstić information content (AvgIpc) is 2.26. The molecule has 1 rings (SSSR count). The fraction of sp³-hybridized carbons (Fsp3) is 0.600. The molecule has 1 aliphatic rings. The maximum absolute atomic E-state index is 11.8. The molecule has 0 aromatic rings. The molecule has 0 aromatic carbocycles. The molecule has 13 heavy (non-hydrogen) atoms. The number of amides is 2. The monoisotopic (exact) mass is 215 g/mol. The summed E-state index contributed by atoms with van der Waals surface area (Å²) < 4.78 is 46.0. The Morgan fingerprint density at radius 2 is 2.00 bits per heavy atom. The Morgan fingerprint density at radius 3 is 2.31 bits per heavy atom. The van der Waals surface area contributed by atoms with Gasteiger partial charge in [0.25, 0.3) is 5.91 Å². The van der Waals surface area contributed by atoms with Crippen LogP contribution in [0.15, 0.2) is 0 Å². The minimum absolute atomic E-state index is 0.662. The summed E-state index contributed by atoms with van der Waals surface area (Å²) in [5, 5.41) is -0.136. The van der Waals surface area contributed by atoms with E-state index in [0.717, 1.165) is 0 Å². The smallest absolute Gasteiger partial charge is 0.573 e. The Balaban J connectivity index is 2.73. The van der Waals surface area contributed by atoms with Crippen molar-refractivity contribution in [2.75, 3.05) is 0 Å². The topological polar surface area (TPSA) is 69.2 Å². The lowest BCUT2D eigenvalue weighted by Gasteiger charge is -2.15. The van der Waals surface area contributed by atoms with E-state index in [4.69, 9.17) is 0 Å². The number of imide groups is 1. The van der Waals surface area contributed by atoms with Crippen LogP contribution in [0, 0.1) is 0 Å². The lowest BCUT2D eigenvalue weighted by Crippen LogP contribution is -2.39. The SMILES string of the molecule is O=C1CC([S+]([O-])C(F)(F)F)C(=O)N1. The molecule has 1 saturated heterocycles. The highest BCUT2D eigenvalue weighted by Gasteiger charge is 2.54. The molecule has 2 amide bonds. The van der Waals surface area contributed by atoms with Crippen LogP contribution in [0.2, 0.25) is 0 Å². The number of rotatable bonds is 1. The minimum atomic E-state index is -4.95. The van der Waals surface area contributed by atoms with E-state index in [-0.39, 0.29) is 0 Å². The Labute approximate surface area is 73.7 Å². The molecule has 1 aliphatic heterocycles. The number of carbonyl (C=O) groups excluding carboxylic acids is 2. The van der Waals surface area contributed by atoms with Crippen molar-refractivity contribution in [3.8, 4) is 0 Å². The molecule has 1 fully saturated rings. The fourth-order valence-corrected chi connectivity index (χ4v) is 1.74. The van der Waals surface area contributed by atoms with Gasteiger partial charge in [0.15, 0.2) is 0 Å². The van der Waals surface area contributed by atoms with Crippen LogP contribution in [0.25, 0.3) is 0 Å². The molecule has 0 spiro atoms. The largest absolute Gasteiger partial charge is 0.609 e. The van der Waals surface area contributed by atoms with Gasteiger partial charge in [0, 0.05) is 0 Å². The van der Waals surface area contributed by atoms with E-state index in [0.29, 0.717) is 0 Å². The van der Waals surface area contributed by atoms with Crippen molar-refractivity contribution in [3.05, 3.63) is 0 Å². The first-order valence-corrected chi connectivity index (χ1v) is 4.35. The van der Waals surface area contributed by atoms with Crippen molar-refractivity contribution < 1.29 is 27.3 Å². The lowest BCUT2D eigenvalue weighted by atomic mass is 10.4. The molecular weight excluding hydrogens is 211 g/mol. The van der Waals surface area contributed by atoms with Gasteiger partial charge in [-0.1, -0.05) is 0 Å². The normalized spacial score (nSPS) is 26.0. The molecule has 74 valence electrons. The van der Waals surface area contributed by atoms with Gasteiger partial charge in [-0.3, -0.25) is 14.9 Å². The maximum Gasteiger partial charge on any atom is 0.573 e. The van der Waals surface area contributed by atoms with Gasteiger partial charge in [-0.15, -0.1) is 13.2 Å². The van der Waals surface area contributed by atoms with Gasteiger partial charge in [-0.25, -0.2) is 0 Å². The van der Waals surface area contributed by atoms with E-state index in [1.807, 2.05) is 0 Å². The highest BCUT2D eigenvalue weighted by molar-refractivity contribution is 7.93. The number of hydrogen-bond donors (Lipinski definition) is 1. The van der Waals surface area contributed by atoms with E-state index in [9.17, 15) is 27.3 Å². The van der Waals surface area contributed by atoms with Gasteiger partial charge >= 0.3 is 5.51 Å². The summed E-state index contributed by atoms with van der Waals surface area (Å²) in [4.78, 5) is 21.1. The summed E-state index contributed by atoms with van der Waals surface area (Å²) in [5.41, 5.74) is -4.95. The molecule has 0 bridgehead atoms. The van der Waals surface area contributed by atoms with Crippen molar-refractivity contribution >= 4 is 23.0 Å². The van der Waals surface area contributed by atoms with Crippen LogP contribution in [0.1, 0.15) is 6.42 Å². The van der Waals surface area contributed by atoms with Crippen LogP contribution in [-0.4, -0.2) is 27.1 Å². The standard InChI is InChI=1S/C5H4F3NO3S/c6-5(7,8)13(12)2-1-3(10)9-4(2)11/h2H,1H2,(H,9,10,11). The molecular formula is C5H4F3NO3S. The van der Waals surface area contributed by atoms with E-state index in [1.54, 1.807) is 5.32 Å². The van der Waals surface area contributed by atoms with Gasteiger partial charge in [-0.2, -0.15) is 0 Å². The highest BCUT2D eigenvalue weighted by Crippen LogP contribution is 2.30. The number of hydrogen-bond acceptors (Lipinski definition) is 3. The van der Waals surface area contributed by atoms with E-state index in [1.165, 1.54) is 0 Å². The second kappa shape index (κ2) is 3.18. The molecule has 0 saturated carbocycles. The van der Waals surface area contributed by atoms with Crippen molar-refractivity contribution in [2.45, 2.75) is 17.2 Å². The molecule has 2 atom stereocenters. The zero-order chi connectivity index (χ0) is 10.2. The lowest BCUT2D eigenvalue weighted by molar-refractivity contribution is -0.124. The van der Waals surface area contributed by atoms with E-state index >= 15 is 0 Å². The summed E-state index contributed by atoms with van der Waals surface area (Å²) in [5.74, 6) is -1.95. The van der Waals surface area contributed by atoms with Gasteiger partial charge < -0.3 is 4.55 Å². The van der Waals surface area contributed by atoms with Crippen molar-refractivity contribution in [1.29, 1.82) is 0 Å². The molecule has 8 heteroatoms. The third-order valence-electron chi connectivity index (χ3n) is 1.41. The van der Waals surface area contributed by atoms with Crippen LogP contribution in [0.3, 0.4) is 0 Å². The average molecular weight is 215 g/mol. The minimum Gasteiger partial charge on any atom is -0.609 e. The first-order valence-electron chi connectivity index (χ1n) is 3.13. The van der Waals surface area contributed by atoms with Crippen LogP contribution in [0.5, 0.6) is 0 Å². The molecule has 0 aliphatic carbocycles. The molecule has 4 nitrogen and oxygen atoms in total. The third kappa shape index (κ3) is 2.13. The first kappa shape index (κ1) is 10.3. The van der Waals surface area contributed by atoms with Crippen LogP contribution in [0.4, 0.5) is 13.2 Å². The van der Waals surface area contributed by atoms with Crippen LogP contribution < -0.4 is 5.32 Å². The molecule has 0 aromatic heterocycles. The Bertz CT molecular complexity index is 254. The zero-order valence-electron chi connectivity index (χ0n) is 6.05. The second-order valence-electron chi connectivity index (χ2n) is 2.35. The quantitative estimate of drug-likeness (QED) is 0.481. The summed E-state index contributed by atoms with van der Waals surface area (Å²) in [6, 6.07) is 0. The Kier molecular flexibility index (Phi) is 2.53. The first-order chi connectivity index (χ1) is 5.82. The number of nitrogens with one attached hydrogen (secondary N) is 1. The second-order valence-corrected chi connectivity index (χ2v) is 3.98. The summed E-state index contributed by atoms with van der Waals surface area (Å²) in [6.07, 6.45) is -0.662. The third-order valence-corrected chi connectivity index (χ3v) is 2.77. The highest BCUT2D eigenvalue weighted by atomic mass is 32.2. The van der Waals surface area contributed by atoms with Gasteiger partial charge in [0.1, 0.15) is 0 Å².